The Labute approximate surface area is 184 Å². The zero-order chi connectivity index (χ0) is 21.8. The lowest BCUT2D eigenvalue weighted by Gasteiger charge is -2.12. The number of hydrogen-bond acceptors (Lipinski definition) is 6. The van der Waals surface area contributed by atoms with Gasteiger partial charge in [0, 0.05) is 12.5 Å². The maximum atomic E-state index is 13.0. The number of esters is 1. The van der Waals surface area contributed by atoms with E-state index in [-0.39, 0.29) is 30.7 Å². The van der Waals surface area contributed by atoms with Gasteiger partial charge < -0.3 is 10.1 Å². The van der Waals surface area contributed by atoms with Gasteiger partial charge in [-0.1, -0.05) is 43.2 Å². The summed E-state index contributed by atoms with van der Waals surface area (Å²) in [6.45, 7) is 1.90. The Bertz CT molecular complexity index is 1150. The van der Waals surface area contributed by atoms with E-state index in [2.05, 4.69) is 10.3 Å². The lowest BCUT2D eigenvalue weighted by atomic mass is 10.2. The van der Waals surface area contributed by atoms with Crippen molar-refractivity contribution < 1.29 is 14.3 Å². The zero-order valence-corrected chi connectivity index (χ0v) is 18.2. The smallest absolute Gasteiger partial charge is 0.348 e. The molecule has 2 heterocycles. The summed E-state index contributed by atoms with van der Waals surface area (Å²) in [6, 6.07) is 9.98. The molecule has 0 bridgehead atoms. The lowest BCUT2D eigenvalue weighted by Crippen LogP contribution is -2.37. The maximum Gasteiger partial charge on any atom is 0.348 e. The number of thiophene rings is 1. The van der Waals surface area contributed by atoms with Crippen LogP contribution in [0, 0.1) is 6.92 Å². The largest absolute Gasteiger partial charge is 0.461 e. The van der Waals surface area contributed by atoms with Crippen LogP contribution in [0.2, 0.25) is 0 Å². The molecule has 0 aliphatic heterocycles. The Morgan fingerprint density at radius 2 is 1.97 bits per heavy atom. The molecular weight excluding hydrogens is 414 g/mol. The molecule has 1 saturated carbocycles. The third-order valence-electron chi connectivity index (χ3n) is 5.60. The molecule has 4 rings (SSSR count). The molecule has 1 aliphatic carbocycles. The lowest BCUT2D eigenvalue weighted by molar-refractivity contribution is -0.122. The van der Waals surface area contributed by atoms with E-state index in [1.807, 2.05) is 30.3 Å². The molecule has 0 atom stereocenters. The first-order valence-corrected chi connectivity index (χ1v) is 11.3. The molecule has 1 amide bonds. The van der Waals surface area contributed by atoms with E-state index in [4.69, 9.17) is 4.74 Å². The van der Waals surface area contributed by atoms with Gasteiger partial charge in [0.15, 0.2) is 0 Å². The quantitative estimate of drug-likeness (QED) is 0.571. The van der Waals surface area contributed by atoms with Crippen molar-refractivity contribution in [3.8, 4) is 0 Å². The SMILES string of the molecule is Cc1c(C(=O)OCCc2ccccc2)sc2ncn(CC(=O)NC3CCCC3)c(=O)c12. The van der Waals surface area contributed by atoms with Crippen molar-refractivity contribution in [2.75, 3.05) is 6.61 Å². The highest BCUT2D eigenvalue weighted by atomic mass is 32.1. The van der Waals surface area contributed by atoms with Crippen LogP contribution in [-0.4, -0.2) is 34.1 Å². The van der Waals surface area contributed by atoms with Crippen molar-refractivity contribution in [3.05, 3.63) is 63.0 Å². The molecule has 162 valence electrons. The van der Waals surface area contributed by atoms with Gasteiger partial charge in [0.25, 0.3) is 5.56 Å². The van der Waals surface area contributed by atoms with Gasteiger partial charge in [0.05, 0.1) is 18.3 Å². The molecule has 1 N–H and O–H groups in total. The first-order chi connectivity index (χ1) is 15.0. The van der Waals surface area contributed by atoms with Gasteiger partial charge in [-0.25, -0.2) is 9.78 Å². The Morgan fingerprint density at radius 1 is 1.23 bits per heavy atom. The van der Waals surface area contributed by atoms with E-state index in [0.29, 0.717) is 27.1 Å². The predicted molar refractivity (Wildman–Crippen MR) is 119 cm³/mol. The number of carbonyl (C=O) groups excluding carboxylic acids is 2. The van der Waals surface area contributed by atoms with Crippen LogP contribution in [0.3, 0.4) is 0 Å². The number of aryl methyl sites for hydroxylation is 1. The second kappa shape index (κ2) is 9.43. The highest BCUT2D eigenvalue weighted by Gasteiger charge is 2.22. The molecule has 1 fully saturated rings. The highest BCUT2D eigenvalue weighted by molar-refractivity contribution is 7.20. The molecule has 0 saturated heterocycles. The number of rotatable bonds is 7. The summed E-state index contributed by atoms with van der Waals surface area (Å²) in [5, 5.41) is 3.35. The van der Waals surface area contributed by atoms with Crippen LogP contribution < -0.4 is 10.9 Å². The Balaban J connectivity index is 1.46. The molecule has 8 heteroatoms. The van der Waals surface area contributed by atoms with Gasteiger partial charge in [-0.05, 0) is 30.9 Å². The van der Waals surface area contributed by atoms with Gasteiger partial charge >= 0.3 is 5.97 Å². The number of nitrogens with one attached hydrogen (secondary N) is 1. The minimum Gasteiger partial charge on any atom is -0.461 e. The van der Waals surface area contributed by atoms with Crippen LogP contribution in [0.15, 0.2) is 41.5 Å². The van der Waals surface area contributed by atoms with Crippen molar-refractivity contribution in [1.82, 2.24) is 14.9 Å². The molecule has 0 radical (unpaired) electrons. The molecule has 31 heavy (non-hydrogen) atoms. The minimum atomic E-state index is -0.457. The van der Waals surface area contributed by atoms with E-state index in [9.17, 15) is 14.4 Å². The van der Waals surface area contributed by atoms with Crippen molar-refractivity contribution in [1.29, 1.82) is 0 Å². The number of hydrogen-bond donors (Lipinski definition) is 1. The van der Waals surface area contributed by atoms with Gasteiger partial charge in [-0.3, -0.25) is 14.2 Å². The number of aromatic nitrogens is 2. The van der Waals surface area contributed by atoms with Gasteiger partial charge in [0.1, 0.15) is 16.3 Å². The molecule has 0 unspecified atom stereocenters. The Kier molecular flexibility index (Phi) is 6.46. The van der Waals surface area contributed by atoms with Crippen molar-refractivity contribution >= 4 is 33.4 Å². The van der Waals surface area contributed by atoms with E-state index >= 15 is 0 Å². The summed E-state index contributed by atoms with van der Waals surface area (Å²) in [5.41, 5.74) is 1.32. The normalized spacial score (nSPS) is 14.1. The van der Waals surface area contributed by atoms with E-state index in [1.54, 1.807) is 6.92 Å². The topological polar surface area (TPSA) is 90.3 Å². The van der Waals surface area contributed by atoms with Crippen LogP contribution in [-0.2, 0) is 22.5 Å². The van der Waals surface area contributed by atoms with Crippen molar-refractivity contribution in [2.45, 2.75) is 51.6 Å². The average molecular weight is 440 g/mol. The fourth-order valence-electron chi connectivity index (χ4n) is 3.94. The van der Waals surface area contributed by atoms with Crippen LogP contribution in [0.1, 0.15) is 46.5 Å². The number of ether oxygens (including phenoxy) is 1. The number of fused-ring (bicyclic) bond motifs is 1. The summed E-state index contributed by atoms with van der Waals surface area (Å²) in [6.07, 6.45) is 6.21. The number of carbonyl (C=O) groups is 2. The molecule has 3 aromatic rings. The van der Waals surface area contributed by atoms with E-state index in [0.717, 1.165) is 42.6 Å². The van der Waals surface area contributed by atoms with E-state index in [1.165, 1.54) is 10.9 Å². The van der Waals surface area contributed by atoms with Gasteiger partial charge in [-0.15, -0.1) is 11.3 Å². The third kappa shape index (κ3) is 4.85. The number of nitrogens with zero attached hydrogens (tertiary/aromatic N) is 2. The van der Waals surface area contributed by atoms with Crippen LogP contribution in [0.5, 0.6) is 0 Å². The molecule has 0 spiro atoms. The number of benzene rings is 1. The fourth-order valence-corrected chi connectivity index (χ4v) is 4.97. The standard InChI is InChI=1S/C23H25N3O4S/c1-15-19-21(31-20(15)23(29)30-12-11-16-7-3-2-4-8-16)24-14-26(22(19)28)13-18(27)25-17-9-5-6-10-17/h2-4,7-8,14,17H,5-6,9-13H2,1H3,(H,25,27). The second-order valence-electron chi connectivity index (χ2n) is 7.83. The minimum absolute atomic E-state index is 0.0790. The second-order valence-corrected chi connectivity index (χ2v) is 8.83. The average Bonchev–Trinajstić information content (AvgIpc) is 3.39. The van der Waals surface area contributed by atoms with Crippen molar-refractivity contribution in [3.63, 3.8) is 0 Å². The Hall–Kier alpha value is -3.00. The zero-order valence-electron chi connectivity index (χ0n) is 17.4. The summed E-state index contributed by atoms with van der Waals surface area (Å²) in [4.78, 5) is 43.0. The molecule has 2 aromatic heterocycles. The molecular formula is C23H25N3O4S. The summed E-state index contributed by atoms with van der Waals surface area (Å²) < 4.78 is 6.72. The monoisotopic (exact) mass is 439 g/mol. The first kappa shape index (κ1) is 21.2. The first-order valence-electron chi connectivity index (χ1n) is 10.5. The molecule has 7 nitrogen and oxygen atoms in total. The highest BCUT2D eigenvalue weighted by Crippen LogP contribution is 2.27. The summed E-state index contributed by atoms with van der Waals surface area (Å²) >= 11 is 1.15. The molecule has 1 aromatic carbocycles. The van der Waals surface area contributed by atoms with Crippen LogP contribution >= 0.6 is 11.3 Å². The fraction of sp³-hybridized carbons (Fsp3) is 0.391. The molecule has 1 aliphatic rings. The van der Waals surface area contributed by atoms with Crippen LogP contribution in [0.25, 0.3) is 10.2 Å². The third-order valence-corrected chi connectivity index (χ3v) is 6.78. The van der Waals surface area contributed by atoms with Gasteiger partial charge in [0.2, 0.25) is 5.91 Å². The van der Waals surface area contributed by atoms with Crippen LogP contribution in [0.4, 0.5) is 0 Å². The summed E-state index contributed by atoms with van der Waals surface area (Å²) in [5.74, 6) is -0.648. The van der Waals surface area contributed by atoms with Gasteiger partial charge in [-0.2, -0.15) is 0 Å². The predicted octanol–water partition coefficient (Wildman–Crippen LogP) is 3.22. The summed E-state index contributed by atoms with van der Waals surface area (Å²) in [7, 11) is 0. The van der Waals surface area contributed by atoms with Crippen molar-refractivity contribution in [2.24, 2.45) is 0 Å². The Morgan fingerprint density at radius 3 is 2.71 bits per heavy atom. The maximum absolute atomic E-state index is 13.0. The van der Waals surface area contributed by atoms with E-state index < -0.39 is 5.97 Å². The number of amides is 1.